The summed E-state index contributed by atoms with van der Waals surface area (Å²) < 4.78 is 0. The topological polar surface area (TPSA) is 12.0 Å². The molecule has 1 nitrogen and oxygen atoms in total. The van der Waals surface area contributed by atoms with Crippen LogP contribution in [-0.4, -0.2) is 12.1 Å². The molecule has 2 atom stereocenters. The summed E-state index contributed by atoms with van der Waals surface area (Å²) in [4.78, 5) is 0. The van der Waals surface area contributed by atoms with Crippen LogP contribution in [-0.2, 0) is 6.42 Å². The maximum atomic E-state index is 6.08. The van der Waals surface area contributed by atoms with Gasteiger partial charge in [0.2, 0.25) is 0 Å². The van der Waals surface area contributed by atoms with Gasteiger partial charge in [-0.15, -0.1) is 0 Å². The molecule has 0 radical (unpaired) electrons. The van der Waals surface area contributed by atoms with E-state index in [1.165, 1.54) is 31.2 Å². The molecule has 0 aromatic heterocycles. The summed E-state index contributed by atoms with van der Waals surface area (Å²) in [6.07, 6.45) is 5.29. The van der Waals surface area contributed by atoms with Gasteiger partial charge in [0, 0.05) is 10.6 Å². The molecule has 2 heteroatoms. The zero-order valence-electron chi connectivity index (χ0n) is 12.4. The molecule has 1 aromatic rings. The van der Waals surface area contributed by atoms with Crippen molar-refractivity contribution < 1.29 is 0 Å². The number of hydrogen-bond donors (Lipinski definition) is 1. The van der Waals surface area contributed by atoms with Crippen LogP contribution in [0.1, 0.15) is 45.6 Å². The van der Waals surface area contributed by atoms with Gasteiger partial charge in [-0.3, -0.25) is 0 Å². The van der Waals surface area contributed by atoms with Crippen molar-refractivity contribution in [3.63, 3.8) is 0 Å². The average molecular weight is 280 g/mol. The molecular weight excluding hydrogens is 254 g/mol. The molecule has 0 aliphatic heterocycles. The predicted molar refractivity (Wildman–Crippen MR) is 83.7 cm³/mol. The Bertz CT molecular complexity index is 408. The van der Waals surface area contributed by atoms with Gasteiger partial charge in [0.25, 0.3) is 0 Å². The fraction of sp³-hybridized carbons (Fsp3) is 0.647. The summed E-state index contributed by atoms with van der Waals surface area (Å²) >= 11 is 6.08. The highest BCUT2D eigenvalue weighted by atomic mass is 35.5. The van der Waals surface area contributed by atoms with Gasteiger partial charge in [0.1, 0.15) is 0 Å². The van der Waals surface area contributed by atoms with Crippen molar-refractivity contribution >= 4 is 11.6 Å². The van der Waals surface area contributed by atoms with Crippen molar-refractivity contribution in [2.75, 3.05) is 6.54 Å². The zero-order valence-corrected chi connectivity index (χ0v) is 13.1. The highest BCUT2D eigenvalue weighted by Crippen LogP contribution is 2.34. The summed E-state index contributed by atoms with van der Waals surface area (Å²) in [5.41, 5.74) is 1.61. The highest BCUT2D eigenvalue weighted by Gasteiger charge is 2.28. The summed E-state index contributed by atoms with van der Waals surface area (Å²) in [5, 5.41) is 4.53. The molecule has 1 fully saturated rings. The maximum absolute atomic E-state index is 6.08. The second kappa shape index (κ2) is 6.28. The minimum Gasteiger partial charge on any atom is -0.312 e. The first-order valence-corrected chi connectivity index (χ1v) is 7.81. The zero-order chi connectivity index (χ0) is 13.9. The standard InChI is InChI=1S/C17H26ClN/c1-17(2,3)19-12-15-8-5-7-14(15)10-13-6-4-9-16(18)11-13/h4,6,9,11,14-15,19H,5,7-8,10,12H2,1-3H3. The van der Waals surface area contributed by atoms with Gasteiger partial charge in [0.15, 0.2) is 0 Å². The summed E-state index contributed by atoms with van der Waals surface area (Å²) in [6, 6.07) is 8.35. The quantitative estimate of drug-likeness (QED) is 0.843. The first-order chi connectivity index (χ1) is 8.94. The number of halogens is 1. The number of hydrogen-bond acceptors (Lipinski definition) is 1. The van der Waals surface area contributed by atoms with E-state index in [0.29, 0.717) is 0 Å². The van der Waals surface area contributed by atoms with Crippen LogP contribution in [0.25, 0.3) is 0 Å². The van der Waals surface area contributed by atoms with Crippen molar-refractivity contribution in [1.82, 2.24) is 5.32 Å². The second-order valence-electron chi connectivity index (χ2n) is 6.92. The Balaban J connectivity index is 1.92. The lowest BCUT2D eigenvalue weighted by atomic mass is 9.89. The SMILES string of the molecule is CC(C)(C)NCC1CCCC1Cc1cccc(Cl)c1. The molecule has 0 saturated heterocycles. The Morgan fingerprint density at radius 2 is 1.95 bits per heavy atom. The third-order valence-corrected chi connectivity index (χ3v) is 4.33. The Hall–Kier alpha value is -0.530. The molecular formula is C17H26ClN. The molecule has 1 N–H and O–H groups in total. The third-order valence-electron chi connectivity index (χ3n) is 4.10. The van der Waals surface area contributed by atoms with E-state index in [9.17, 15) is 0 Å². The second-order valence-corrected chi connectivity index (χ2v) is 7.35. The fourth-order valence-corrected chi connectivity index (χ4v) is 3.27. The van der Waals surface area contributed by atoms with Crippen molar-refractivity contribution in [1.29, 1.82) is 0 Å². The summed E-state index contributed by atoms with van der Waals surface area (Å²) in [5.74, 6) is 1.63. The highest BCUT2D eigenvalue weighted by molar-refractivity contribution is 6.30. The lowest BCUT2D eigenvalue weighted by Gasteiger charge is -2.26. The van der Waals surface area contributed by atoms with Gasteiger partial charge < -0.3 is 5.32 Å². The van der Waals surface area contributed by atoms with E-state index in [1.807, 2.05) is 6.07 Å². The number of nitrogens with one attached hydrogen (secondary N) is 1. The lowest BCUT2D eigenvalue weighted by Crippen LogP contribution is -2.40. The maximum Gasteiger partial charge on any atom is 0.0408 e. The van der Waals surface area contributed by atoms with Crippen LogP contribution < -0.4 is 5.32 Å². The van der Waals surface area contributed by atoms with Crippen molar-refractivity contribution in [2.45, 2.75) is 52.0 Å². The number of benzene rings is 1. The van der Waals surface area contributed by atoms with Crippen molar-refractivity contribution in [2.24, 2.45) is 11.8 Å². The molecule has 0 heterocycles. The van der Waals surface area contributed by atoms with Crippen LogP contribution in [0.15, 0.2) is 24.3 Å². The Morgan fingerprint density at radius 3 is 2.63 bits per heavy atom. The van der Waals surface area contributed by atoms with Crippen LogP contribution >= 0.6 is 11.6 Å². The third kappa shape index (κ3) is 4.81. The lowest BCUT2D eigenvalue weighted by molar-refractivity contribution is 0.317. The molecule has 0 spiro atoms. The van der Waals surface area contributed by atoms with Gasteiger partial charge in [-0.05, 0) is 76.1 Å². The molecule has 2 unspecified atom stereocenters. The Morgan fingerprint density at radius 1 is 1.21 bits per heavy atom. The van der Waals surface area contributed by atoms with Crippen molar-refractivity contribution in [3.05, 3.63) is 34.9 Å². The first kappa shape index (κ1) is 14.9. The van der Waals surface area contributed by atoms with E-state index in [0.717, 1.165) is 23.4 Å². The summed E-state index contributed by atoms with van der Waals surface area (Å²) in [6.45, 7) is 7.88. The summed E-state index contributed by atoms with van der Waals surface area (Å²) in [7, 11) is 0. The van der Waals surface area contributed by atoms with Gasteiger partial charge >= 0.3 is 0 Å². The first-order valence-electron chi connectivity index (χ1n) is 7.43. The van der Waals surface area contributed by atoms with Crippen LogP contribution in [0.5, 0.6) is 0 Å². The van der Waals surface area contributed by atoms with E-state index in [-0.39, 0.29) is 5.54 Å². The molecule has 2 rings (SSSR count). The smallest absolute Gasteiger partial charge is 0.0408 e. The van der Waals surface area contributed by atoms with E-state index in [1.54, 1.807) is 0 Å². The van der Waals surface area contributed by atoms with Gasteiger partial charge in [-0.25, -0.2) is 0 Å². The molecule has 19 heavy (non-hydrogen) atoms. The largest absolute Gasteiger partial charge is 0.312 e. The minimum atomic E-state index is 0.225. The predicted octanol–water partition coefficient (Wildman–Crippen LogP) is 4.69. The van der Waals surface area contributed by atoms with E-state index >= 15 is 0 Å². The Kier molecular flexibility index (Phi) is 4.92. The normalized spacial score (nSPS) is 23.8. The van der Waals surface area contributed by atoms with Crippen LogP contribution in [0.4, 0.5) is 0 Å². The van der Waals surface area contributed by atoms with Crippen LogP contribution in [0, 0.1) is 11.8 Å². The van der Waals surface area contributed by atoms with E-state index < -0.39 is 0 Å². The van der Waals surface area contributed by atoms with Crippen LogP contribution in [0.2, 0.25) is 5.02 Å². The molecule has 1 saturated carbocycles. The molecule has 0 bridgehead atoms. The molecule has 0 amide bonds. The van der Waals surface area contributed by atoms with E-state index in [4.69, 9.17) is 11.6 Å². The fourth-order valence-electron chi connectivity index (χ4n) is 3.06. The van der Waals surface area contributed by atoms with Crippen LogP contribution in [0.3, 0.4) is 0 Å². The number of rotatable bonds is 4. The molecule has 1 aliphatic rings. The average Bonchev–Trinajstić information content (AvgIpc) is 2.73. The van der Waals surface area contributed by atoms with Gasteiger partial charge in [0.05, 0.1) is 0 Å². The van der Waals surface area contributed by atoms with Crippen molar-refractivity contribution in [3.8, 4) is 0 Å². The molecule has 1 aromatic carbocycles. The minimum absolute atomic E-state index is 0.225. The van der Waals surface area contributed by atoms with E-state index in [2.05, 4.69) is 44.3 Å². The molecule has 1 aliphatic carbocycles. The van der Waals surface area contributed by atoms with Gasteiger partial charge in [-0.1, -0.05) is 30.2 Å². The van der Waals surface area contributed by atoms with Gasteiger partial charge in [-0.2, -0.15) is 0 Å². The molecule has 106 valence electrons. The monoisotopic (exact) mass is 279 g/mol. The Labute approximate surface area is 122 Å².